The number of H-pyrrole nitrogens is 2. The SMILES string of the molecule is N#Cc1ccccc1N1CCN(C(=O)CNc2cc[nH]c(=O)c2-c2nc3sc(C(=O)NC4CC4)cc3[nH]2)CC1. The molecule has 4 N–H and O–H groups in total. The molecule has 1 saturated heterocycles. The third kappa shape index (κ3) is 5.08. The van der Waals surface area contributed by atoms with Crippen molar-refractivity contribution in [3.8, 4) is 17.5 Å². The number of carbonyl (C=O) groups is 2. The van der Waals surface area contributed by atoms with Crippen LogP contribution in [-0.4, -0.2) is 70.4 Å². The van der Waals surface area contributed by atoms with Crippen LogP contribution in [0.4, 0.5) is 11.4 Å². The molecule has 3 aromatic heterocycles. The molecule has 0 atom stereocenters. The summed E-state index contributed by atoms with van der Waals surface area (Å²) in [7, 11) is 0. The fraction of sp³-hybridized carbons (Fsp3) is 0.296. The second kappa shape index (κ2) is 10.3. The molecule has 198 valence electrons. The Kier molecular flexibility index (Phi) is 6.50. The number of hydrogen-bond donors (Lipinski definition) is 4. The van der Waals surface area contributed by atoms with Crippen LogP contribution in [0.2, 0.25) is 0 Å². The Morgan fingerprint density at radius 3 is 2.69 bits per heavy atom. The van der Waals surface area contributed by atoms with E-state index in [0.717, 1.165) is 18.5 Å². The maximum absolute atomic E-state index is 13.0. The van der Waals surface area contributed by atoms with Crippen LogP contribution in [0.1, 0.15) is 28.1 Å². The molecule has 1 aromatic carbocycles. The number of amides is 2. The van der Waals surface area contributed by atoms with Crippen LogP contribution in [0, 0.1) is 11.3 Å². The molecule has 1 aliphatic heterocycles. The first-order chi connectivity index (χ1) is 19.0. The molecule has 4 heterocycles. The third-order valence-electron chi connectivity index (χ3n) is 6.94. The molecule has 0 radical (unpaired) electrons. The van der Waals surface area contributed by atoms with Crippen LogP contribution in [0.3, 0.4) is 0 Å². The molecule has 2 amide bonds. The number of nitrogens with one attached hydrogen (secondary N) is 4. The van der Waals surface area contributed by atoms with Gasteiger partial charge in [0.1, 0.15) is 22.3 Å². The van der Waals surface area contributed by atoms with Crippen LogP contribution >= 0.6 is 11.3 Å². The first-order valence-corrected chi connectivity index (χ1v) is 13.6. The summed E-state index contributed by atoms with van der Waals surface area (Å²) in [6.07, 6.45) is 3.55. The summed E-state index contributed by atoms with van der Waals surface area (Å²) in [5.41, 5.74) is 2.63. The minimum atomic E-state index is -0.342. The number of nitrogens with zero attached hydrogens (tertiary/aromatic N) is 4. The summed E-state index contributed by atoms with van der Waals surface area (Å²) in [6.45, 7) is 2.35. The highest BCUT2D eigenvalue weighted by Crippen LogP contribution is 2.30. The zero-order chi connectivity index (χ0) is 26.9. The lowest BCUT2D eigenvalue weighted by Gasteiger charge is -2.36. The first kappa shape index (κ1) is 24.7. The van der Waals surface area contributed by atoms with E-state index < -0.39 is 0 Å². The van der Waals surface area contributed by atoms with E-state index >= 15 is 0 Å². The molecule has 1 aliphatic carbocycles. The number of aromatic nitrogens is 3. The van der Waals surface area contributed by atoms with Crippen LogP contribution in [0.15, 0.2) is 47.4 Å². The fourth-order valence-electron chi connectivity index (χ4n) is 4.71. The monoisotopic (exact) mass is 542 g/mol. The number of para-hydroxylation sites is 1. The molecule has 6 rings (SSSR count). The predicted molar refractivity (Wildman–Crippen MR) is 149 cm³/mol. The van der Waals surface area contributed by atoms with Crippen molar-refractivity contribution in [2.24, 2.45) is 0 Å². The number of anilines is 2. The standard InChI is InChI=1S/C27H26N8O3S/c28-14-16-3-1-2-4-20(16)34-9-11-35(12-10-34)22(36)15-30-18-7-8-29-26(38)23(18)24-32-19-13-21(39-27(19)33-24)25(37)31-17-5-6-17/h1-4,7-8,13,17H,5-6,9-12,15H2,(H,31,37)(H,32,33)(H2,29,30,38). The van der Waals surface area contributed by atoms with E-state index in [9.17, 15) is 19.6 Å². The third-order valence-corrected chi connectivity index (χ3v) is 7.97. The molecule has 2 fully saturated rings. The van der Waals surface area contributed by atoms with E-state index in [0.29, 0.717) is 64.0 Å². The number of carbonyl (C=O) groups excluding carboxylic acids is 2. The molecule has 0 unspecified atom stereocenters. The second-order valence-electron chi connectivity index (χ2n) is 9.61. The van der Waals surface area contributed by atoms with Crippen LogP contribution < -0.4 is 21.1 Å². The number of fused-ring (bicyclic) bond motifs is 1. The molecule has 0 spiro atoms. The number of aromatic amines is 2. The lowest BCUT2D eigenvalue weighted by atomic mass is 10.1. The number of benzene rings is 1. The Labute approximate surface area is 227 Å². The van der Waals surface area contributed by atoms with Gasteiger partial charge in [-0.2, -0.15) is 5.26 Å². The molecule has 2 aliphatic rings. The lowest BCUT2D eigenvalue weighted by Crippen LogP contribution is -2.50. The van der Waals surface area contributed by atoms with Crippen molar-refractivity contribution < 1.29 is 9.59 Å². The van der Waals surface area contributed by atoms with Gasteiger partial charge in [-0.1, -0.05) is 12.1 Å². The predicted octanol–water partition coefficient (Wildman–Crippen LogP) is 2.50. The van der Waals surface area contributed by atoms with Gasteiger partial charge >= 0.3 is 0 Å². The number of nitriles is 1. The van der Waals surface area contributed by atoms with Gasteiger partial charge in [0.25, 0.3) is 11.5 Å². The summed E-state index contributed by atoms with van der Waals surface area (Å²) < 4.78 is 0. The Balaban J connectivity index is 1.12. The quantitative estimate of drug-likeness (QED) is 0.280. The molecule has 39 heavy (non-hydrogen) atoms. The molecule has 1 saturated carbocycles. The van der Waals surface area contributed by atoms with Gasteiger partial charge in [-0.3, -0.25) is 14.4 Å². The molecule has 12 heteroatoms. The van der Waals surface area contributed by atoms with Gasteiger partial charge < -0.3 is 30.4 Å². The second-order valence-corrected chi connectivity index (χ2v) is 10.6. The summed E-state index contributed by atoms with van der Waals surface area (Å²) in [5, 5.41) is 15.5. The van der Waals surface area contributed by atoms with Gasteiger partial charge in [0, 0.05) is 38.4 Å². The van der Waals surface area contributed by atoms with Gasteiger partial charge in [0.05, 0.1) is 33.9 Å². The largest absolute Gasteiger partial charge is 0.375 e. The lowest BCUT2D eigenvalue weighted by molar-refractivity contribution is -0.129. The van der Waals surface area contributed by atoms with Crippen molar-refractivity contribution in [3.05, 3.63) is 63.4 Å². The normalized spacial score (nSPS) is 15.3. The summed E-state index contributed by atoms with van der Waals surface area (Å²) in [4.78, 5) is 53.6. The van der Waals surface area contributed by atoms with E-state index in [1.807, 2.05) is 18.2 Å². The number of piperazine rings is 1. The van der Waals surface area contributed by atoms with Crippen LogP contribution in [-0.2, 0) is 4.79 Å². The number of thiophene rings is 1. The number of hydrogen-bond acceptors (Lipinski definition) is 8. The average molecular weight is 543 g/mol. The van der Waals surface area contributed by atoms with Gasteiger partial charge in [0.15, 0.2) is 0 Å². The molecular formula is C27H26N8O3S. The van der Waals surface area contributed by atoms with E-state index in [-0.39, 0.29) is 30.0 Å². The van der Waals surface area contributed by atoms with Crippen molar-refractivity contribution >= 4 is 44.9 Å². The highest BCUT2D eigenvalue weighted by Gasteiger charge is 2.26. The van der Waals surface area contributed by atoms with Gasteiger partial charge in [0.2, 0.25) is 5.91 Å². The zero-order valence-electron chi connectivity index (χ0n) is 21.0. The number of imidazole rings is 1. The molecule has 11 nitrogen and oxygen atoms in total. The highest BCUT2D eigenvalue weighted by molar-refractivity contribution is 7.20. The Morgan fingerprint density at radius 1 is 1.15 bits per heavy atom. The van der Waals surface area contributed by atoms with E-state index in [1.165, 1.54) is 17.5 Å². The Hall–Kier alpha value is -4.63. The number of rotatable bonds is 7. The fourth-order valence-corrected chi connectivity index (χ4v) is 5.60. The maximum Gasteiger partial charge on any atom is 0.261 e. The minimum Gasteiger partial charge on any atom is -0.375 e. The summed E-state index contributed by atoms with van der Waals surface area (Å²) in [6, 6.07) is 13.4. The Bertz CT molecular complexity index is 1620. The van der Waals surface area contributed by atoms with Crippen molar-refractivity contribution in [2.45, 2.75) is 18.9 Å². The first-order valence-electron chi connectivity index (χ1n) is 12.8. The van der Waals surface area contributed by atoms with E-state index in [4.69, 9.17) is 0 Å². The minimum absolute atomic E-state index is 0.0196. The average Bonchev–Trinajstić information content (AvgIpc) is 3.55. The van der Waals surface area contributed by atoms with Crippen molar-refractivity contribution in [1.29, 1.82) is 5.26 Å². The van der Waals surface area contributed by atoms with Crippen LogP contribution in [0.5, 0.6) is 0 Å². The van der Waals surface area contributed by atoms with Crippen LogP contribution in [0.25, 0.3) is 21.7 Å². The van der Waals surface area contributed by atoms with Crippen molar-refractivity contribution in [3.63, 3.8) is 0 Å². The Morgan fingerprint density at radius 2 is 1.95 bits per heavy atom. The summed E-state index contributed by atoms with van der Waals surface area (Å²) in [5.74, 6) is 0.178. The summed E-state index contributed by atoms with van der Waals surface area (Å²) >= 11 is 1.27. The molecular weight excluding hydrogens is 516 g/mol. The molecule has 0 bridgehead atoms. The number of pyridine rings is 1. The zero-order valence-corrected chi connectivity index (χ0v) is 21.8. The van der Waals surface area contributed by atoms with Crippen molar-refractivity contribution in [2.75, 3.05) is 42.9 Å². The molecule has 4 aromatic rings. The van der Waals surface area contributed by atoms with Crippen molar-refractivity contribution in [1.82, 2.24) is 25.2 Å². The van der Waals surface area contributed by atoms with Gasteiger partial charge in [-0.05, 0) is 37.1 Å². The topological polar surface area (TPSA) is 150 Å². The maximum atomic E-state index is 13.0. The highest BCUT2D eigenvalue weighted by atomic mass is 32.1. The van der Waals surface area contributed by atoms with Gasteiger partial charge in [-0.25, -0.2) is 4.98 Å². The van der Waals surface area contributed by atoms with E-state index in [2.05, 4.69) is 36.6 Å². The van der Waals surface area contributed by atoms with Gasteiger partial charge in [-0.15, -0.1) is 11.3 Å². The smallest absolute Gasteiger partial charge is 0.261 e. The van der Waals surface area contributed by atoms with E-state index in [1.54, 1.807) is 23.1 Å².